The van der Waals surface area contributed by atoms with Crippen LogP contribution in [-0.2, 0) is 10.0 Å². The van der Waals surface area contributed by atoms with Crippen molar-refractivity contribution in [1.29, 1.82) is 0 Å². The standard InChI is InChI=1S/C15H23BrN2O2S/c1-12(2)18-10-8-13(9-11-18)17(3)21(19,20)15-7-5-4-6-14(15)16/h4-7,12-13H,8-11H2,1-3H3. The van der Waals surface area contributed by atoms with Gasteiger partial charge in [0.25, 0.3) is 0 Å². The second-order valence-corrected chi connectivity index (χ2v) is 8.63. The number of halogens is 1. The number of sulfonamides is 1. The summed E-state index contributed by atoms with van der Waals surface area (Å²) in [5, 5.41) is 0. The molecule has 1 aliphatic rings. The van der Waals surface area contributed by atoms with E-state index in [-0.39, 0.29) is 6.04 Å². The quantitative estimate of drug-likeness (QED) is 0.813. The summed E-state index contributed by atoms with van der Waals surface area (Å²) in [7, 11) is -1.74. The molecule has 0 atom stereocenters. The minimum Gasteiger partial charge on any atom is -0.301 e. The first kappa shape index (κ1) is 16.9. The number of nitrogens with zero attached hydrogens (tertiary/aromatic N) is 2. The number of hydrogen-bond donors (Lipinski definition) is 0. The molecule has 4 nitrogen and oxygen atoms in total. The van der Waals surface area contributed by atoms with Gasteiger partial charge in [-0.25, -0.2) is 8.42 Å². The lowest BCUT2D eigenvalue weighted by Crippen LogP contribution is -2.47. The second kappa shape index (κ2) is 6.77. The minimum absolute atomic E-state index is 0.0807. The Labute approximate surface area is 136 Å². The predicted molar refractivity (Wildman–Crippen MR) is 88.8 cm³/mol. The number of likely N-dealkylation sites (tertiary alicyclic amines) is 1. The van der Waals surface area contributed by atoms with E-state index < -0.39 is 10.0 Å². The zero-order valence-corrected chi connectivity index (χ0v) is 15.2. The summed E-state index contributed by atoms with van der Waals surface area (Å²) in [5.41, 5.74) is 0. The first-order valence-corrected chi connectivity index (χ1v) is 9.54. The highest BCUT2D eigenvalue weighted by atomic mass is 79.9. The van der Waals surface area contributed by atoms with Crippen molar-refractivity contribution in [3.8, 4) is 0 Å². The summed E-state index contributed by atoms with van der Waals surface area (Å²) in [6, 6.07) is 7.60. The molecule has 1 aliphatic heterocycles. The van der Waals surface area contributed by atoms with E-state index >= 15 is 0 Å². The predicted octanol–water partition coefficient (Wildman–Crippen LogP) is 2.94. The van der Waals surface area contributed by atoms with Gasteiger partial charge in [-0.3, -0.25) is 0 Å². The van der Waals surface area contributed by atoms with Crippen molar-refractivity contribution in [2.24, 2.45) is 0 Å². The summed E-state index contributed by atoms with van der Waals surface area (Å²) in [6.45, 7) is 6.28. The van der Waals surface area contributed by atoms with Crippen molar-refractivity contribution >= 4 is 26.0 Å². The highest BCUT2D eigenvalue weighted by molar-refractivity contribution is 9.10. The normalized spacial score (nSPS) is 18.6. The summed E-state index contributed by atoms with van der Waals surface area (Å²) < 4.78 is 27.7. The van der Waals surface area contributed by atoms with Crippen LogP contribution in [0.5, 0.6) is 0 Å². The smallest absolute Gasteiger partial charge is 0.244 e. The minimum atomic E-state index is -3.44. The van der Waals surface area contributed by atoms with Crippen LogP contribution < -0.4 is 0 Å². The van der Waals surface area contributed by atoms with E-state index in [0.29, 0.717) is 15.4 Å². The molecule has 0 saturated carbocycles. The largest absolute Gasteiger partial charge is 0.301 e. The molecule has 1 aromatic carbocycles. The Kier molecular flexibility index (Phi) is 5.46. The molecule has 21 heavy (non-hydrogen) atoms. The molecule has 1 saturated heterocycles. The van der Waals surface area contributed by atoms with Gasteiger partial charge in [-0.15, -0.1) is 0 Å². The summed E-state index contributed by atoms with van der Waals surface area (Å²) in [4.78, 5) is 2.74. The summed E-state index contributed by atoms with van der Waals surface area (Å²) >= 11 is 3.34. The Bertz CT molecular complexity index is 581. The maximum absolute atomic E-state index is 12.7. The maximum atomic E-state index is 12.7. The van der Waals surface area contributed by atoms with Crippen LogP contribution in [0.3, 0.4) is 0 Å². The molecule has 6 heteroatoms. The Balaban J connectivity index is 2.13. The van der Waals surface area contributed by atoms with Gasteiger partial charge in [-0.1, -0.05) is 12.1 Å². The molecular weight excluding hydrogens is 352 g/mol. The second-order valence-electron chi connectivity index (χ2n) is 5.81. The molecule has 0 N–H and O–H groups in total. The third-order valence-corrected chi connectivity index (χ3v) is 7.16. The highest BCUT2D eigenvalue weighted by Crippen LogP contribution is 2.27. The molecule has 1 heterocycles. The maximum Gasteiger partial charge on any atom is 0.244 e. The molecule has 0 spiro atoms. The van der Waals surface area contributed by atoms with Crippen molar-refractivity contribution in [3.05, 3.63) is 28.7 Å². The fraction of sp³-hybridized carbons (Fsp3) is 0.600. The van der Waals surface area contributed by atoms with E-state index in [1.54, 1.807) is 29.6 Å². The van der Waals surface area contributed by atoms with Gasteiger partial charge in [-0.05, 0) is 67.8 Å². The number of hydrogen-bond acceptors (Lipinski definition) is 3. The Morgan fingerprint density at radius 3 is 2.33 bits per heavy atom. The van der Waals surface area contributed by atoms with Gasteiger partial charge in [0.15, 0.2) is 0 Å². The molecule has 0 aliphatic carbocycles. The lowest BCUT2D eigenvalue weighted by molar-refractivity contribution is 0.140. The fourth-order valence-electron chi connectivity index (χ4n) is 2.77. The van der Waals surface area contributed by atoms with Crippen LogP contribution >= 0.6 is 15.9 Å². The molecule has 0 bridgehead atoms. The number of piperidine rings is 1. The molecule has 0 radical (unpaired) electrons. The van der Waals surface area contributed by atoms with Gasteiger partial charge in [-0.2, -0.15) is 4.31 Å². The van der Waals surface area contributed by atoms with Crippen molar-refractivity contribution < 1.29 is 8.42 Å². The topological polar surface area (TPSA) is 40.6 Å². The molecule has 0 unspecified atom stereocenters. The van der Waals surface area contributed by atoms with Crippen molar-refractivity contribution in [2.45, 2.75) is 43.7 Å². The van der Waals surface area contributed by atoms with E-state index in [2.05, 4.69) is 34.7 Å². The van der Waals surface area contributed by atoms with Gasteiger partial charge in [0.05, 0.1) is 4.90 Å². The van der Waals surface area contributed by atoms with Crippen LogP contribution in [0.15, 0.2) is 33.6 Å². The first-order chi connectivity index (χ1) is 9.84. The monoisotopic (exact) mass is 374 g/mol. The molecular formula is C15H23BrN2O2S. The SMILES string of the molecule is CC(C)N1CCC(N(C)S(=O)(=O)c2ccccc2Br)CC1. The van der Waals surface area contributed by atoms with E-state index in [0.717, 1.165) is 25.9 Å². The molecule has 118 valence electrons. The third-order valence-electron chi connectivity index (χ3n) is 4.24. The summed E-state index contributed by atoms with van der Waals surface area (Å²) in [5.74, 6) is 0. The lowest BCUT2D eigenvalue weighted by Gasteiger charge is -2.38. The van der Waals surface area contributed by atoms with Gasteiger partial charge in [0.2, 0.25) is 10.0 Å². The van der Waals surface area contributed by atoms with Crippen molar-refractivity contribution in [1.82, 2.24) is 9.21 Å². The summed E-state index contributed by atoms with van der Waals surface area (Å²) in [6.07, 6.45) is 1.77. The molecule has 1 aromatic rings. The van der Waals surface area contributed by atoms with Gasteiger partial charge in [0.1, 0.15) is 0 Å². The molecule has 2 rings (SSSR count). The van der Waals surface area contributed by atoms with E-state index in [9.17, 15) is 8.42 Å². The van der Waals surface area contributed by atoms with Crippen LogP contribution in [-0.4, -0.2) is 49.8 Å². The lowest BCUT2D eigenvalue weighted by atomic mass is 10.0. The Hall–Kier alpha value is -0.430. The average molecular weight is 375 g/mol. The fourth-order valence-corrected chi connectivity index (χ4v) is 5.15. The van der Waals surface area contributed by atoms with Crippen LogP contribution in [0.1, 0.15) is 26.7 Å². The molecule has 0 aromatic heterocycles. The third kappa shape index (κ3) is 3.67. The van der Waals surface area contributed by atoms with Crippen LogP contribution in [0.25, 0.3) is 0 Å². The van der Waals surface area contributed by atoms with Crippen molar-refractivity contribution in [2.75, 3.05) is 20.1 Å². The van der Waals surface area contributed by atoms with Crippen LogP contribution in [0.4, 0.5) is 0 Å². The average Bonchev–Trinajstić information content (AvgIpc) is 2.46. The number of rotatable bonds is 4. The van der Waals surface area contributed by atoms with Crippen LogP contribution in [0, 0.1) is 0 Å². The van der Waals surface area contributed by atoms with Gasteiger partial charge < -0.3 is 4.90 Å². The van der Waals surface area contributed by atoms with Crippen LogP contribution in [0.2, 0.25) is 0 Å². The Morgan fingerprint density at radius 2 is 1.81 bits per heavy atom. The van der Waals surface area contributed by atoms with Crippen molar-refractivity contribution in [3.63, 3.8) is 0 Å². The van der Waals surface area contributed by atoms with Gasteiger partial charge >= 0.3 is 0 Å². The molecule has 1 fully saturated rings. The highest BCUT2D eigenvalue weighted by Gasteiger charge is 2.32. The zero-order chi connectivity index (χ0) is 15.6. The van der Waals surface area contributed by atoms with E-state index in [1.807, 2.05) is 6.07 Å². The molecule has 0 amide bonds. The van der Waals surface area contributed by atoms with Gasteiger partial charge in [0, 0.05) is 23.6 Å². The Morgan fingerprint density at radius 1 is 1.24 bits per heavy atom. The zero-order valence-electron chi connectivity index (χ0n) is 12.8. The first-order valence-electron chi connectivity index (χ1n) is 7.30. The van der Waals surface area contributed by atoms with E-state index in [1.165, 1.54) is 0 Å². The number of benzene rings is 1. The van der Waals surface area contributed by atoms with E-state index in [4.69, 9.17) is 0 Å².